The van der Waals surface area contributed by atoms with Gasteiger partial charge in [0.15, 0.2) is 0 Å². The molecule has 0 atom stereocenters. The third kappa shape index (κ3) is 6.01. The van der Waals surface area contributed by atoms with E-state index in [9.17, 15) is 0 Å². The molecular weight excluding hydrogens is 923 g/mol. The molecule has 16 rings (SSSR count). The SMILES string of the molecule is CC1(C)c2cc(N(c3ccc(-c4ccc5oc6ccccc6c5c4)cc3)c3ccc4c(c3)C(C)(C)c3cc5c(cc3-4)c3ccccc3n5-c3ccccc3)ccc2-c2ccc(-n3c4ccccc4c4ccccc43)cc21. The van der Waals surface area contributed by atoms with Crippen LogP contribution in [0.3, 0.4) is 0 Å². The van der Waals surface area contributed by atoms with E-state index < -0.39 is 0 Å². The minimum absolute atomic E-state index is 0.269. The lowest BCUT2D eigenvalue weighted by Crippen LogP contribution is -2.18. The van der Waals surface area contributed by atoms with Gasteiger partial charge in [-0.3, -0.25) is 0 Å². The third-order valence-electron chi connectivity index (χ3n) is 17.3. The number of hydrogen-bond donors (Lipinski definition) is 0. The number of benzene rings is 11. The van der Waals surface area contributed by atoms with Crippen molar-refractivity contribution in [1.29, 1.82) is 0 Å². The summed E-state index contributed by atoms with van der Waals surface area (Å²) < 4.78 is 11.1. The minimum Gasteiger partial charge on any atom is -0.456 e. The molecule has 0 aliphatic heterocycles. The van der Waals surface area contributed by atoms with Gasteiger partial charge in [0.1, 0.15) is 11.2 Å². The topological polar surface area (TPSA) is 26.2 Å². The second kappa shape index (κ2) is 15.6. The van der Waals surface area contributed by atoms with Gasteiger partial charge in [-0.15, -0.1) is 0 Å². The van der Waals surface area contributed by atoms with Crippen molar-refractivity contribution >= 4 is 82.6 Å². The molecule has 0 N–H and O–H groups in total. The van der Waals surface area contributed by atoms with Crippen molar-refractivity contribution < 1.29 is 4.42 Å². The van der Waals surface area contributed by atoms with Gasteiger partial charge >= 0.3 is 0 Å². The molecule has 0 radical (unpaired) electrons. The number of rotatable bonds is 6. The summed E-state index contributed by atoms with van der Waals surface area (Å²) in [5.74, 6) is 0. The predicted molar refractivity (Wildman–Crippen MR) is 318 cm³/mol. The monoisotopic (exact) mass is 973 g/mol. The highest BCUT2D eigenvalue weighted by Crippen LogP contribution is 2.55. The van der Waals surface area contributed by atoms with E-state index in [1.165, 1.54) is 99.5 Å². The van der Waals surface area contributed by atoms with Crippen LogP contribution in [0.4, 0.5) is 17.1 Å². The fraction of sp³-hybridized carbons (Fsp3) is 0.0833. The van der Waals surface area contributed by atoms with Crippen molar-refractivity contribution in [1.82, 2.24) is 9.13 Å². The molecule has 0 saturated heterocycles. The van der Waals surface area contributed by atoms with Crippen molar-refractivity contribution in [3.05, 3.63) is 259 Å². The smallest absolute Gasteiger partial charge is 0.135 e. The van der Waals surface area contributed by atoms with E-state index in [0.717, 1.165) is 50.1 Å². The van der Waals surface area contributed by atoms with Crippen LogP contribution in [0.15, 0.2) is 241 Å². The van der Waals surface area contributed by atoms with Gasteiger partial charge in [-0.2, -0.15) is 0 Å². The Morgan fingerprint density at radius 1 is 0.303 bits per heavy atom. The molecule has 0 fully saturated rings. The summed E-state index contributed by atoms with van der Waals surface area (Å²) >= 11 is 0. The molecule has 0 unspecified atom stereocenters. The summed E-state index contributed by atoms with van der Waals surface area (Å²) in [6, 6.07) is 87.7. The Kier molecular flexibility index (Phi) is 8.83. The molecule has 0 saturated carbocycles. The number of anilines is 3. The standard InChI is InChI=1S/C72H51N3O/c1-71(2)61-39-48(31-34-51(61)52-35-33-50(41-62(52)71)75-65-22-12-8-18-54(65)55-19-9-13-23-66(55)75)73(47-29-26-44(27-30-47)45-28-37-70-60(38-45)57-21-11-15-25-69(57)76-70)49-32-36-53-58-42-59-56-20-10-14-24-67(56)74(46-16-6-5-7-17-46)68(59)43-64(58)72(3,4)63(53)40-49/h5-43H,1-4H3. The first kappa shape index (κ1) is 43.1. The average Bonchev–Trinajstić information content (AvgIpc) is 4.27. The zero-order chi connectivity index (χ0) is 50.6. The first-order valence-corrected chi connectivity index (χ1v) is 26.6. The lowest BCUT2D eigenvalue weighted by Gasteiger charge is -2.30. The van der Waals surface area contributed by atoms with Crippen LogP contribution in [-0.2, 0) is 10.8 Å². The van der Waals surface area contributed by atoms with Crippen molar-refractivity contribution in [3.8, 4) is 44.8 Å². The van der Waals surface area contributed by atoms with Crippen LogP contribution in [0, 0.1) is 0 Å². The Hall–Kier alpha value is -9.38. The van der Waals surface area contributed by atoms with Gasteiger partial charge in [-0.25, -0.2) is 0 Å². The molecule has 2 aliphatic rings. The summed E-state index contributed by atoms with van der Waals surface area (Å²) in [4.78, 5) is 2.48. The molecule has 2 aliphatic carbocycles. The van der Waals surface area contributed by atoms with Crippen LogP contribution in [0.25, 0.3) is 110 Å². The lowest BCUT2D eigenvalue weighted by molar-refractivity contribution is 0.659. The lowest BCUT2D eigenvalue weighted by atomic mass is 9.81. The van der Waals surface area contributed by atoms with E-state index in [-0.39, 0.29) is 10.8 Å². The summed E-state index contributed by atoms with van der Waals surface area (Å²) in [6.07, 6.45) is 0. The van der Waals surface area contributed by atoms with Gasteiger partial charge in [0.25, 0.3) is 0 Å². The number of para-hydroxylation sites is 5. The Labute approximate surface area is 440 Å². The molecule has 4 nitrogen and oxygen atoms in total. The van der Waals surface area contributed by atoms with E-state index in [2.05, 4.69) is 266 Å². The molecule has 3 aromatic heterocycles. The van der Waals surface area contributed by atoms with Crippen LogP contribution in [0.5, 0.6) is 0 Å². The molecule has 14 aromatic rings. The fourth-order valence-corrected chi connectivity index (χ4v) is 13.5. The zero-order valence-electron chi connectivity index (χ0n) is 42.8. The highest BCUT2D eigenvalue weighted by molar-refractivity contribution is 6.12. The normalized spacial score (nSPS) is 14.0. The van der Waals surface area contributed by atoms with Crippen LogP contribution >= 0.6 is 0 Å². The molecule has 0 amide bonds. The van der Waals surface area contributed by atoms with Crippen LogP contribution in [0.2, 0.25) is 0 Å². The molecule has 0 spiro atoms. The van der Waals surface area contributed by atoms with E-state index in [1.807, 2.05) is 12.1 Å². The molecule has 11 aromatic carbocycles. The highest BCUT2D eigenvalue weighted by atomic mass is 16.3. The summed E-state index contributed by atoms with van der Waals surface area (Å²) in [7, 11) is 0. The number of furan rings is 1. The van der Waals surface area contributed by atoms with E-state index in [4.69, 9.17) is 4.42 Å². The molecule has 3 heterocycles. The molecular formula is C72H51N3O. The predicted octanol–water partition coefficient (Wildman–Crippen LogP) is 19.5. The van der Waals surface area contributed by atoms with Crippen molar-refractivity contribution in [3.63, 3.8) is 0 Å². The summed E-state index contributed by atoms with van der Waals surface area (Å²) in [6.45, 7) is 9.62. The van der Waals surface area contributed by atoms with Crippen molar-refractivity contribution in [2.75, 3.05) is 4.90 Å². The minimum atomic E-state index is -0.270. The fourth-order valence-electron chi connectivity index (χ4n) is 13.5. The molecule has 360 valence electrons. The van der Waals surface area contributed by atoms with Gasteiger partial charge in [-0.1, -0.05) is 155 Å². The number of fused-ring (bicyclic) bond motifs is 15. The Morgan fingerprint density at radius 2 is 0.776 bits per heavy atom. The van der Waals surface area contributed by atoms with Crippen molar-refractivity contribution in [2.45, 2.75) is 38.5 Å². The van der Waals surface area contributed by atoms with E-state index >= 15 is 0 Å². The summed E-state index contributed by atoms with van der Waals surface area (Å²) in [5.41, 5.74) is 24.8. The first-order valence-electron chi connectivity index (χ1n) is 26.6. The maximum absolute atomic E-state index is 6.23. The van der Waals surface area contributed by atoms with Gasteiger partial charge in [0, 0.05) is 71.6 Å². The summed E-state index contributed by atoms with van der Waals surface area (Å²) in [5, 5.41) is 7.35. The highest BCUT2D eigenvalue weighted by Gasteiger charge is 2.39. The third-order valence-corrected chi connectivity index (χ3v) is 17.3. The quantitative estimate of drug-likeness (QED) is 0.166. The Morgan fingerprint density at radius 3 is 1.42 bits per heavy atom. The largest absolute Gasteiger partial charge is 0.456 e. The second-order valence-electron chi connectivity index (χ2n) is 22.1. The number of aromatic nitrogens is 2. The molecule has 0 bridgehead atoms. The van der Waals surface area contributed by atoms with Crippen molar-refractivity contribution in [2.24, 2.45) is 0 Å². The van der Waals surface area contributed by atoms with Gasteiger partial charge in [0.05, 0.1) is 22.1 Å². The number of nitrogens with zero attached hydrogens (tertiary/aromatic N) is 3. The zero-order valence-corrected chi connectivity index (χ0v) is 42.8. The molecule has 4 heteroatoms. The maximum atomic E-state index is 6.23. The van der Waals surface area contributed by atoms with Crippen LogP contribution in [-0.4, -0.2) is 9.13 Å². The van der Waals surface area contributed by atoms with Gasteiger partial charge in [0.2, 0.25) is 0 Å². The second-order valence-corrected chi connectivity index (χ2v) is 22.1. The van der Waals surface area contributed by atoms with E-state index in [0.29, 0.717) is 0 Å². The van der Waals surface area contributed by atoms with Gasteiger partial charge in [-0.05, 0) is 165 Å². The Balaban J connectivity index is 0.839. The van der Waals surface area contributed by atoms with E-state index in [1.54, 1.807) is 0 Å². The average molecular weight is 974 g/mol. The van der Waals surface area contributed by atoms with Gasteiger partial charge < -0.3 is 18.5 Å². The number of hydrogen-bond acceptors (Lipinski definition) is 2. The van der Waals surface area contributed by atoms with Crippen LogP contribution < -0.4 is 4.90 Å². The first-order chi connectivity index (χ1) is 37.2. The Bertz CT molecular complexity index is 4700. The van der Waals surface area contributed by atoms with Crippen LogP contribution in [0.1, 0.15) is 49.9 Å². The molecule has 76 heavy (non-hydrogen) atoms. The maximum Gasteiger partial charge on any atom is 0.135 e.